The molecule has 1 aliphatic rings. The maximum Gasteiger partial charge on any atom is 0.232 e. The number of hydrogen-bond acceptors (Lipinski definition) is 2. The Morgan fingerprint density at radius 1 is 1.60 bits per heavy atom. The monoisotopic (exact) mass is 209 g/mol. The molecule has 2 N–H and O–H groups in total. The quantitative estimate of drug-likeness (QED) is 0.683. The van der Waals surface area contributed by atoms with Crippen LogP contribution in [0.25, 0.3) is 0 Å². The summed E-state index contributed by atoms with van der Waals surface area (Å²) in [5.74, 6) is 2.85. The van der Waals surface area contributed by atoms with Gasteiger partial charge in [0.05, 0.1) is 18.6 Å². The minimum Gasteiger partial charge on any atom is -0.394 e. The summed E-state index contributed by atoms with van der Waals surface area (Å²) in [6, 6.07) is 0. The maximum absolute atomic E-state index is 11.4. The number of aliphatic hydroxyl groups excluding tert-OH is 1. The van der Waals surface area contributed by atoms with E-state index in [2.05, 4.69) is 18.2 Å². The van der Waals surface area contributed by atoms with Gasteiger partial charge in [0.15, 0.2) is 0 Å². The van der Waals surface area contributed by atoms with Crippen LogP contribution in [0.2, 0.25) is 0 Å². The predicted octanol–water partition coefficient (Wildman–Crippen LogP) is 1.07. The molecule has 1 aliphatic carbocycles. The lowest BCUT2D eigenvalue weighted by Gasteiger charge is -2.38. The third kappa shape index (κ3) is 3.24. The fraction of sp³-hybridized carbons (Fsp3) is 0.750. The van der Waals surface area contributed by atoms with E-state index in [0.717, 1.165) is 25.7 Å². The van der Waals surface area contributed by atoms with Gasteiger partial charge >= 0.3 is 0 Å². The van der Waals surface area contributed by atoms with Crippen molar-refractivity contribution in [2.75, 3.05) is 6.61 Å². The molecule has 1 amide bonds. The van der Waals surface area contributed by atoms with E-state index in [4.69, 9.17) is 6.42 Å². The van der Waals surface area contributed by atoms with Crippen molar-refractivity contribution in [2.24, 2.45) is 5.92 Å². The van der Waals surface area contributed by atoms with E-state index in [9.17, 15) is 9.90 Å². The molecule has 15 heavy (non-hydrogen) atoms. The van der Waals surface area contributed by atoms with Crippen LogP contribution in [-0.4, -0.2) is 23.2 Å². The molecular weight excluding hydrogens is 190 g/mol. The van der Waals surface area contributed by atoms with Crippen molar-refractivity contribution in [3.63, 3.8) is 0 Å². The minimum absolute atomic E-state index is 0.00995. The van der Waals surface area contributed by atoms with Gasteiger partial charge in [-0.2, -0.15) is 0 Å². The summed E-state index contributed by atoms with van der Waals surface area (Å²) in [6.07, 6.45) is 8.96. The summed E-state index contributed by atoms with van der Waals surface area (Å²) >= 11 is 0. The Hall–Kier alpha value is -1.01. The van der Waals surface area contributed by atoms with Gasteiger partial charge in [0.2, 0.25) is 5.91 Å². The van der Waals surface area contributed by atoms with E-state index in [1.54, 1.807) is 0 Å². The van der Waals surface area contributed by atoms with E-state index >= 15 is 0 Å². The summed E-state index contributed by atoms with van der Waals surface area (Å²) in [5, 5.41) is 12.3. The highest BCUT2D eigenvalue weighted by Gasteiger charge is 2.34. The molecule has 0 radical (unpaired) electrons. The number of carbonyl (C=O) groups is 1. The lowest BCUT2D eigenvalue weighted by molar-refractivity contribution is -0.123. The highest BCUT2D eigenvalue weighted by molar-refractivity contribution is 5.79. The van der Waals surface area contributed by atoms with Crippen molar-refractivity contribution < 1.29 is 9.90 Å². The van der Waals surface area contributed by atoms with Crippen LogP contribution in [0.4, 0.5) is 0 Å². The van der Waals surface area contributed by atoms with Crippen LogP contribution in [0.1, 0.15) is 39.0 Å². The summed E-state index contributed by atoms with van der Waals surface area (Å²) in [7, 11) is 0. The third-order valence-corrected chi connectivity index (χ3v) is 3.20. The maximum atomic E-state index is 11.4. The van der Waals surface area contributed by atoms with Gasteiger partial charge in [0.25, 0.3) is 0 Å². The number of hydrogen-bond donors (Lipinski definition) is 2. The lowest BCUT2D eigenvalue weighted by atomic mass is 9.77. The van der Waals surface area contributed by atoms with Crippen LogP contribution in [0.5, 0.6) is 0 Å². The Bertz CT molecular complexity index is 259. The Kier molecular flexibility index (Phi) is 4.16. The molecule has 0 atom stereocenters. The average Bonchev–Trinajstić information content (AvgIpc) is 2.22. The molecular formula is C12H19NO2. The van der Waals surface area contributed by atoms with Gasteiger partial charge in [-0.25, -0.2) is 0 Å². The first-order valence-corrected chi connectivity index (χ1v) is 5.47. The molecule has 84 valence electrons. The van der Waals surface area contributed by atoms with Gasteiger partial charge in [-0.3, -0.25) is 4.79 Å². The van der Waals surface area contributed by atoms with Crippen LogP contribution in [0.15, 0.2) is 0 Å². The largest absolute Gasteiger partial charge is 0.394 e. The van der Waals surface area contributed by atoms with Crippen molar-refractivity contribution >= 4 is 5.91 Å². The highest BCUT2D eigenvalue weighted by atomic mass is 16.3. The molecule has 0 saturated heterocycles. The Morgan fingerprint density at radius 2 is 2.20 bits per heavy atom. The van der Waals surface area contributed by atoms with Gasteiger partial charge < -0.3 is 10.4 Å². The fourth-order valence-corrected chi connectivity index (χ4v) is 2.07. The highest BCUT2D eigenvalue weighted by Crippen LogP contribution is 2.31. The molecule has 1 rings (SSSR count). The van der Waals surface area contributed by atoms with E-state index in [-0.39, 0.29) is 18.9 Å². The van der Waals surface area contributed by atoms with Crippen LogP contribution in [-0.2, 0) is 4.79 Å². The zero-order valence-electron chi connectivity index (χ0n) is 9.25. The molecule has 1 saturated carbocycles. The average molecular weight is 209 g/mol. The van der Waals surface area contributed by atoms with E-state index in [0.29, 0.717) is 5.92 Å². The van der Waals surface area contributed by atoms with Crippen LogP contribution >= 0.6 is 0 Å². The number of amides is 1. The Morgan fingerprint density at radius 3 is 2.67 bits per heavy atom. The molecule has 3 nitrogen and oxygen atoms in total. The van der Waals surface area contributed by atoms with Gasteiger partial charge in [-0.05, 0) is 31.6 Å². The molecule has 0 aromatic heterocycles. The van der Waals surface area contributed by atoms with E-state index < -0.39 is 5.54 Å². The lowest BCUT2D eigenvalue weighted by Crippen LogP contribution is -2.53. The zero-order valence-corrected chi connectivity index (χ0v) is 9.25. The first-order valence-electron chi connectivity index (χ1n) is 5.47. The standard InChI is InChI=1S/C12H19NO2/c1-3-4-11(15)13-12(9-14)7-5-10(2)6-8-12/h1,10,14H,4-9H2,2H3,(H,13,15). The normalized spacial score (nSPS) is 30.6. The zero-order chi connectivity index (χ0) is 11.3. The molecule has 0 heterocycles. The Labute approximate surface area is 91.3 Å². The second-order valence-electron chi connectivity index (χ2n) is 4.55. The molecule has 3 heteroatoms. The summed E-state index contributed by atoms with van der Waals surface area (Å²) in [5.41, 5.74) is -0.416. The van der Waals surface area contributed by atoms with Crippen molar-refractivity contribution in [3.8, 4) is 12.3 Å². The molecule has 0 aromatic rings. The third-order valence-electron chi connectivity index (χ3n) is 3.20. The van der Waals surface area contributed by atoms with Crippen LogP contribution < -0.4 is 5.32 Å². The SMILES string of the molecule is C#CCC(=O)NC1(CO)CCC(C)CC1. The summed E-state index contributed by atoms with van der Waals surface area (Å²) in [6.45, 7) is 2.21. The van der Waals surface area contributed by atoms with E-state index in [1.807, 2.05) is 0 Å². The topological polar surface area (TPSA) is 49.3 Å². The second kappa shape index (κ2) is 5.18. The molecule has 0 aliphatic heterocycles. The number of rotatable bonds is 3. The second-order valence-corrected chi connectivity index (χ2v) is 4.55. The molecule has 0 unspecified atom stereocenters. The van der Waals surface area contributed by atoms with Crippen molar-refractivity contribution in [1.29, 1.82) is 0 Å². The smallest absolute Gasteiger partial charge is 0.232 e. The van der Waals surface area contributed by atoms with Gasteiger partial charge in [-0.15, -0.1) is 6.42 Å². The van der Waals surface area contributed by atoms with Crippen LogP contribution in [0, 0.1) is 18.3 Å². The number of carbonyl (C=O) groups excluding carboxylic acids is 1. The van der Waals surface area contributed by atoms with Crippen molar-refractivity contribution in [3.05, 3.63) is 0 Å². The Balaban J connectivity index is 2.54. The number of terminal acetylenes is 1. The fourth-order valence-electron chi connectivity index (χ4n) is 2.07. The predicted molar refractivity (Wildman–Crippen MR) is 59.0 cm³/mol. The first-order chi connectivity index (χ1) is 7.12. The van der Waals surface area contributed by atoms with Crippen molar-refractivity contribution in [1.82, 2.24) is 5.32 Å². The minimum atomic E-state index is -0.416. The number of aliphatic hydroxyl groups is 1. The van der Waals surface area contributed by atoms with Crippen molar-refractivity contribution in [2.45, 2.75) is 44.6 Å². The number of nitrogens with one attached hydrogen (secondary N) is 1. The molecule has 1 fully saturated rings. The van der Waals surface area contributed by atoms with Gasteiger partial charge in [0.1, 0.15) is 0 Å². The first kappa shape index (κ1) is 12.1. The van der Waals surface area contributed by atoms with Crippen LogP contribution in [0.3, 0.4) is 0 Å². The molecule has 0 bridgehead atoms. The van der Waals surface area contributed by atoms with Gasteiger partial charge in [-0.1, -0.05) is 12.8 Å². The molecule has 0 aromatic carbocycles. The summed E-state index contributed by atoms with van der Waals surface area (Å²) in [4.78, 5) is 11.4. The van der Waals surface area contributed by atoms with E-state index in [1.165, 1.54) is 0 Å². The molecule has 0 spiro atoms. The van der Waals surface area contributed by atoms with Gasteiger partial charge in [0, 0.05) is 0 Å². The summed E-state index contributed by atoms with van der Waals surface area (Å²) < 4.78 is 0.